The lowest BCUT2D eigenvalue weighted by atomic mass is 9.78. The molecule has 3 aromatic carbocycles. The van der Waals surface area contributed by atoms with E-state index in [1.807, 2.05) is 24.3 Å². The van der Waals surface area contributed by atoms with Gasteiger partial charge in [0.15, 0.2) is 11.6 Å². The van der Waals surface area contributed by atoms with Gasteiger partial charge in [0.2, 0.25) is 5.82 Å². The standard InChI is InChI=1S/C30H31F5O/c1-2-3-20-4-6-21(7-5-20)8-9-22-10-12-23(13-11-22)26-18-19-27(31)28(32)29(26)36-25-16-14-24(15-17-25)30(33,34)35/h10-21H,2-9H2,1H3. The number of halogens is 5. The van der Waals surface area contributed by atoms with Crippen molar-refractivity contribution in [1.29, 1.82) is 0 Å². The molecule has 1 aliphatic rings. The van der Waals surface area contributed by atoms with Gasteiger partial charge < -0.3 is 4.74 Å². The molecule has 0 radical (unpaired) electrons. The minimum absolute atomic E-state index is 0.0148. The van der Waals surface area contributed by atoms with Crippen LogP contribution in [0, 0.1) is 23.5 Å². The molecule has 1 nitrogen and oxygen atoms in total. The van der Waals surface area contributed by atoms with E-state index in [0.29, 0.717) is 11.1 Å². The molecule has 0 unspecified atom stereocenters. The van der Waals surface area contributed by atoms with Gasteiger partial charge in [-0.1, -0.05) is 69.7 Å². The fourth-order valence-electron chi connectivity index (χ4n) is 5.13. The lowest BCUT2D eigenvalue weighted by Gasteiger charge is -2.28. The smallest absolute Gasteiger partial charge is 0.416 e. The normalized spacial score (nSPS) is 18.3. The summed E-state index contributed by atoms with van der Waals surface area (Å²) in [5.74, 6) is -1.00. The summed E-state index contributed by atoms with van der Waals surface area (Å²) in [5, 5.41) is 0. The number of hydrogen-bond donors (Lipinski definition) is 0. The highest BCUT2D eigenvalue weighted by Gasteiger charge is 2.30. The van der Waals surface area contributed by atoms with Crippen LogP contribution in [0.3, 0.4) is 0 Å². The fourth-order valence-corrected chi connectivity index (χ4v) is 5.13. The first-order valence-corrected chi connectivity index (χ1v) is 12.7. The average molecular weight is 503 g/mol. The van der Waals surface area contributed by atoms with Crippen LogP contribution in [0.2, 0.25) is 0 Å². The summed E-state index contributed by atoms with van der Waals surface area (Å²) in [6.07, 6.45) is 5.46. The predicted molar refractivity (Wildman–Crippen MR) is 132 cm³/mol. The van der Waals surface area contributed by atoms with Gasteiger partial charge in [-0.2, -0.15) is 17.6 Å². The van der Waals surface area contributed by atoms with Crippen LogP contribution in [-0.2, 0) is 12.6 Å². The van der Waals surface area contributed by atoms with Crippen LogP contribution in [0.25, 0.3) is 11.1 Å². The molecule has 192 valence electrons. The van der Waals surface area contributed by atoms with Gasteiger partial charge in [-0.3, -0.25) is 0 Å². The molecule has 1 fully saturated rings. The van der Waals surface area contributed by atoms with Gasteiger partial charge in [0.25, 0.3) is 0 Å². The van der Waals surface area contributed by atoms with Crippen LogP contribution in [0.1, 0.15) is 63.0 Å². The van der Waals surface area contributed by atoms with Gasteiger partial charge in [0.1, 0.15) is 5.75 Å². The molecule has 6 heteroatoms. The van der Waals surface area contributed by atoms with Gasteiger partial charge in [0, 0.05) is 5.56 Å². The molecule has 4 rings (SSSR count). The highest BCUT2D eigenvalue weighted by Crippen LogP contribution is 2.39. The Hall–Kier alpha value is -2.89. The average Bonchev–Trinajstić information content (AvgIpc) is 2.87. The van der Waals surface area contributed by atoms with Gasteiger partial charge >= 0.3 is 6.18 Å². The summed E-state index contributed by atoms with van der Waals surface area (Å²) in [4.78, 5) is 0. The molecule has 0 atom stereocenters. The van der Waals surface area contributed by atoms with E-state index >= 15 is 0 Å². The van der Waals surface area contributed by atoms with Crippen molar-refractivity contribution in [3.8, 4) is 22.6 Å². The Bertz CT molecular complexity index is 1130. The first-order valence-electron chi connectivity index (χ1n) is 12.7. The second-order valence-corrected chi connectivity index (χ2v) is 9.77. The third-order valence-electron chi connectivity index (χ3n) is 7.22. The van der Waals surface area contributed by atoms with Crippen molar-refractivity contribution in [3.63, 3.8) is 0 Å². The van der Waals surface area contributed by atoms with E-state index in [1.165, 1.54) is 50.2 Å². The lowest BCUT2D eigenvalue weighted by Crippen LogP contribution is -2.15. The SMILES string of the molecule is CCCC1CCC(CCc2ccc(-c3ccc(F)c(F)c3Oc3ccc(C(F)(F)F)cc3)cc2)CC1. The summed E-state index contributed by atoms with van der Waals surface area (Å²) in [6.45, 7) is 2.25. The number of alkyl halides is 3. The Morgan fingerprint density at radius 2 is 1.39 bits per heavy atom. The molecular weight excluding hydrogens is 471 g/mol. The molecule has 0 N–H and O–H groups in total. The van der Waals surface area contributed by atoms with Gasteiger partial charge in [-0.25, -0.2) is 4.39 Å². The molecule has 0 saturated heterocycles. The zero-order valence-corrected chi connectivity index (χ0v) is 20.4. The maximum absolute atomic E-state index is 14.7. The quantitative estimate of drug-likeness (QED) is 0.279. The number of ether oxygens (including phenoxy) is 1. The predicted octanol–water partition coefficient (Wildman–Crippen LogP) is 9.98. The highest BCUT2D eigenvalue weighted by molar-refractivity contribution is 5.71. The number of hydrogen-bond acceptors (Lipinski definition) is 1. The molecule has 1 aliphatic carbocycles. The molecule has 0 amide bonds. The van der Waals surface area contributed by atoms with Crippen molar-refractivity contribution in [1.82, 2.24) is 0 Å². The number of aryl methyl sites for hydroxylation is 1. The Labute approximate surface area is 209 Å². The molecule has 3 aromatic rings. The van der Waals surface area contributed by atoms with E-state index in [4.69, 9.17) is 4.74 Å². The first kappa shape index (κ1) is 26.2. The maximum Gasteiger partial charge on any atom is 0.416 e. The van der Waals surface area contributed by atoms with Crippen molar-refractivity contribution in [3.05, 3.63) is 83.4 Å². The van der Waals surface area contributed by atoms with Crippen LogP contribution in [0.5, 0.6) is 11.5 Å². The van der Waals surface area contributed by atoms with Crippen molar-refractivity contribution in [2.24, 2.45) is 11.8 Å². The Kier molecular flexibility index (Phi) is 8.32. The number of benzene rings is 3. The molecule has 0 aliphatic heterocycles. The minimum atomic E-state index is -4.50. The summed E-state index contributed by atoms with van der Waals surface area (Å²) in [5.41, 5.74) is 1.30. The van der Waals surface area contributed by atoms with E-state index in [2.05, 4.69) is 6.92 Å². The molecule has 0 spiro atoms. The summed E-state index contributed by atoms with van der Waals surface area (Å²) in [7, 11) is 0. The highest BCUT2D eigenvalue weighted by atomic mass is 19.4. The topological polar surface area (TPSA) is 9.23 Å². The van der Waals surface area contributed by atoms with Gasteiger partial charge in [-0.15, -0.1) is 0 Å². The van der Waals surface area contributed by atoms with Crippen LogP contribution in [-0.4, -0.2) is 0 Å². The second kappa shape index (κ2) is 11.4. The van der Waals surface area contributed by atoms with Crippen molar-refractivity contribution in [2.75, 3.05) is 0 Å². The van der Waals surface area contributed by atoms with Crippen LogP contribution < -0.4 is 4.74 Å². The third-order valence-corrected chi connectivity index (χ3v) is 7.22. The number of rotatable bonds is 8. The van der Waals surface area contributed by atoms with Gasteiger partial charge in [0.05, 0.1) is 5.56 Å². The van der Waals surface area contributed by atoms with Crippen LogP contribution in [0.15, 0.2) is 60.7 Å². The molecule has 0 aromatic heterocycles. The van der Waals surface area contributed by atoms with E-state index in [1.54, 1.807) is 0 Å². The zero-order chi connectivity index (χ0) is 25.7. The lowest BCUT2D eigenvalue weighted by molar-refractivity contribution is -0.137. The zero-order valence-electron chi connectivity index (χ0n) is 20.4. The maximum atomic E-state index is 14.7. The summed E-state index contributed by atoms with van der Waals surface area (Å²) < 4.78 is 72.8. The molecule has 0 heterocycles. The first-order chi connectivity index (χ1) is 17.2. The monoisotopic (exact) mass is 502 g/mol. The van der Waals surface area contributed by atoms with Crippen molar-refractivity contribution in [2.45, 2.75) is 64.5 Å². The fraction of sp³-hybridized carbons (Fsp3) is 0.400. The molecule has 36 heavy (non-hydrogen) atoms. The second-order valence-electron chi connectivity index (χ2n) is 9.77. The Morgan fingerprint density at radius 3 is 1.97 bits per heavy atom. The molecule has 0 bridgehead atoms. The van der Waals surface area contributed by atoms with Crippen LogP contribution in [0.4, 0.5) is 22.0 Å². The summed E-state index contributed by atoms with van der Waals surface area (Å²) >= 11 is 0. The van der Waals surface area contributed by atoms with Gasteiger partial charge in [-0.05, 0) is 72.2 Å². The Balaban J connectivity index is 1.45. The van der Waals surface area contributed by atoms with E-state index in [0.717, 1.165) is 55.0 Å². The molecular formula is C30H31F5O. The van der Waals surface area contributed by atoms with E-state index in [-0.39, 0.29) is 11.5 Å². The third kappa shape index (κ3) is 6.45. The largest absolute Gasteiger partial charge is 0.454 e. The van der Waals surface area contributed by atoms with Crippen molar-refractivity contribution < 1.29 is 26.7 Å². The van der Waals surface area contributed by atoms with E-state index in [9.17, 15) is 22.0 Å². The van der Waals surface area contributed by atoms with E-state index < -0.39 is 23.4 Å². The molecule has 1 saturated carbocycles. The minimum Gasteiger partial charge on any atom is -0.454 e. The van der Waals surface area contributed by atoms with Crippen LogP contribution >= 0.6 is 0 Å². The Morgan fingerprint density at radius 1 is 0.778 bits per heavy atom. The van der Waals surface area contributed by atoms with Crippen molar-refractivity contribution >= 4 is 0 Å². The summed E-state index contributed by atoms with van der Waals surface area (Å²) in [6, 6.07) is 14.0.